The topological polar surface area (TPSA) is 89.2 Å². The minimum Gasteiger partial charge on any atom is -0.388 e. The molecule has 5 nitrogen and oxygen atoms in total. The van der Waals surface area contributed by atoms with E-state index in [-0.39, 0.29) is 11.4 Å². The van der Waals surface area contributed by atoms with Gasteiger partial charge in [-0.05, 0) is 30.2 Å². The Morgan fingerprint density at radius 3 is 2.39 bits per heavy atom. The van der Waals surface area contributed by atoms with Crippen LogP contribution >= 0.6 is 23.2 Å². The molecule has 0 aromatic heterocycles. The van der Waals surface area contributed by atoms with E-state index in [1.165, 1.54) is 6.21 Å². The molecule has 0 saturated heterocycles. The van der Waals surface area contributed by atoms with Gasteiger partial charge in [0.2, 0.25) is 0 Å². The van der Waals surface area contributed by atoms with Crippen LogP contribution in [0.4, 0.5) is 5.69 Å². The van der Waals surface area contributed by atoms with Gasteiger partial charge in [0.25, 0.3) is 0 Å². The Hall–Kier alpha value is -2.21. The number of hydrogen-bond donors (Lipinski definition) is 1. The zero-order valence-electron chi connectivity index (χ0n) is 12.8. The molecule has 120 valence electrons. The van der Waals surface area contributed by atoms with Crippen molar-refractivity contribution < 1.29 is 0 Å². The summed E-state index contributed by atoms with van der Waals surface area (Å²) in [6.07, 6.45) is 1.52. The molecular formula is C16H17Cl2N5. The highest BCUT2D eigenvalue weighted by atomic mass is 35.5. The summed E-state index contributed by atoms with van der Waals surface area (Å²) in [5.74, 6) is 1.03. The predicted molar refractivity (Wildman–Crippen MR) is 94.9 cm³/mol. The molecule has 0 saturated carbocycles. The van der Waals surface area contributed by atoms with Crippen LogP contribution in [0.3, 0.4) is 0 Å². The lowest BCUT2D eigenvalue weighted by molar-refractivity contribution is 0.873. The van der Waals surface area contributed by atoms with Gasteiger partial charge in [0.15, 0.2) is 5.70 Å². The van der Waals surface area contributed by atoms with E-state index < -0.39 is 0 Å². The van der Waals surface area contributed by atoms with Gasteiger partial charge in [-0.1, -0.05) is 6.07 Å². The molecule has 0 fully saturated rings. The predicted octanol–water partition coefficient (Wildman–Crippen LogP) is 2.92. The first kappa shape index (κ1) is 18.8. The number of aryl methyl sites for hydroxylation is 1. The highest BCUT2D eigenvalue weighted by Gasteiger charge is 2.07. The van der Waals surface area contributed by atoms with Crippen LogP contribution < -0.4 is 10.6 Å². The van der Waals surface area contributed by atoms with Crippen LogP contribution in [-0.2, 0) is 0 Å². The maximum absolute atomic E-state index is 8.93. The molecule has 0 aliphatic carbocycles. The highest BCUT2D eigenvalue weighted by Crippen LogP contribution is 2.19. The Labute approximate surface area is 146 Å². The van der Waals surface area contributed by atoms with E-state index in [1.807, 2.05) is 25.1 Å². The SMILES string of the molecule is Cc1cc(N(CCCl)CCCl)ccc1C=N/C(C#N)=C(/N)C#N. The molecule has 0 heterocycles. The summed E-state index contributed by atoms with van der Waals surface area (Å²) in [4.78, 5) is 6.08. The number of benzene rings is 1. The molecule has 0 unspecified atom stereocenters. The van der Waals surface area contributed by atoms with Crippen molar-refractivity contribution in [1.82, 2.24) is 0 Å². The number of anilines is 1. The smallest absolute Gasteiger partial charge is 0.174 e. The van der Waals surface area contributed by atoms with Crippen LogP contribution in [0.1, 0.15) is 11.1 Å². The van der Waals surface area contributed by atoms with Crippen LogP contribution in [0.15, 0.2) is 34.6 Å². The average Bonchev–Trinajstić information content (AvgIpc) is 2.56. The van der Waals surface area contributed by atoms with Crippen molar-refractivity contribution in [3.63, 3.8) is 0 Å². The minimum absolute atomic E-state index is 0.0955. The molecular weight excluding hydrogens is 333 g/mol. The lowest BCUT2D eigenvalue weighted by Gasteiger charge is -2.23. The Kier molecular flexibility index (Phi) is 7.97. The zero-order valence-corrected chi connectivity index (χ0v) is 14.3. The van der Waals surface area contributed by atoms with Gasteiger partial charge in [0.1, 0.15) is 17.8 Å². The van der Waals surface area contributed by atoms with Crippen molar-refractivity contribution in [3.05, 3.63) is 40.7 Å². The number of allylic oxidation sites excluding steroid dienone is 2. The largest absolute Gasteiger partial charge is 0.388 e. The van der Waals surface area contributed by atoms with Crippen molar-refractivity contribution in [2.75, 3.05) is 29.7 Å². The van der Waals surface area contributed by atoms with Crippen molar-refractivity contribution in [1.29, 1.82) is 10.5 Å². The molecule has 0 aliphatic heterocycles. The molecule has 0 spiro atoms. The summed E-state index contributed by atoms with van der Waals surface area (Å²) < 4.78 is 0. The van der Waals surface area contributed by atoms with Gasteiger partial charge in [-0.15, -0.1) is 23.2 Å². The maximum atomic E-state index is 8.93. The van der Waals surface area contributed by atoms with Gasteiger partial charge in [-0.2, -0.15) is 10.5 Å². The quantitative estimate of drug-likeness (QED) is 0.465. The molecule has 7 heteroatoms. The number of rotatable bonds is 7. The van der Waals surface area contributed by atoms with Gasteiger partial charge in [0, 0.05) is 36.8 Å². The second-order valence-electron chi connectivity index (χ2n) is 4.65. The molecule has 0 radical (unpaired) electrons. The Balaban J connectivity index is 3.06. The van der Waals surface area contributed by atoms with E-state index in [0.717, 1.165) is 16.8 Å². The molecule has 2 N–H and O–H groups in total. The lowest BCUT2D eigenvalue weighted by atomic mass is 10.1. The van der Waals surface area contributed by atoms with Gasteiger partial charge >= 0.3 is 0 Å². The van der Waals surface area contributed by atoms with Crippen LogP contribution in [0.5, 0.6) is 0 Å². The van der Waals surface area contributed by atoms with Crippen LogP contribution in [-0.4, -0.2) is 31.1 Å². The average molecular weight is 350 g/mol. The normalized spacial score (nSPS) is 11.7. The Morgan fingerprint density at radius 2 is 1.91 bits per heavy atom. The van der Waals surface area contributed by atoms with Gasteiger partial charge in [0.05, 0.1) is 0 Å². The molecule has 0 atom stereocenters. The van der Waals surface area contributed by atoms with Crippen LogP contribution in [0.25, 0.3) is 0 Å². The lowest BCUT2D eigenvalue weighted by Crippen LogP contribution is -2.27. The third-order valence-corrected chi connectivity index (χ3v) is 3.48. The van der Waals surface area contributed by atoms with Gasteiger partial charge < -0.3 is 10.6 Å². The van der Waals surface area contributed by atoms with Crippen molar-refractivity contribution in [2.24, 2.45) is 10.7 Å². The number of nitrogens with zero attached hydrogens (tertiary/aromatic N) is 4. The molecule has 0 bridgehead atoms. The first-order valence-corrected chi connectivity index (χ1v) is 7.95. The van der Waals surface area contributed by atoms with E-state index in [2.05, 4.69) is 9.89 Å². The van der Waals surface area contributed by atoms with Crippen LogP contribution in [0.2, 0.25) is 0 Å². The zero-order chi connectivity index (χ0) is 17.2. The molecule has 23 heavy (non-hydrogen) atoms. The van der Waals surface area contributed by atoms with Crippen molar-refractivity contribution >= 4 is 35.1 Å². The van der Waals surface area contributed by atoms with Gasteiger partial charge in [-0.3, -0.25) is 0 Å². The van der Waals surface area contributed by atoms with Gasteiger partial charge in [-0.25, -0.2) is 4.99 Å². The van der Waals surface area contributed by atoms with E-state index in [4.69, 9.17) is 39.5 Å². The Bertz CT molecular complexity index is 677. The molecule has 1 rings (SSSR count). The number of aliphatic imine (C=N–C) groups is 1. The molecule has 0 amide bonds. The van der Waals surface area contributed by atoms with E-state index in [9.17, 15) is 0 Å². The fourth-order valence-corrected chi connectivity index (χ4v) is 2.33. The maximum Gasteiger partial charge on any atom is 0.174 e. The van der Waals surface area contributed by atoms with E-state index in [0.29, 0.717) is 24.8 Å². The van der Waals surface area contributed by atoms with Crippen LogP contribution in [0, 0.1) is 29.6 Å². The van der Waals surface area contributed by atoms with Crippen molar-refractivity contribution in [2.45, 2.75) is 6.92 Å². The summed E-state index contributed by atoms with van der Waals surface area (Å²) >= 11 is 11.6. The third kappa shape index (κ3) is 5.49. The first-order chi connectivity index (χ1) is 11.1. The fourth-order valence-electron chi connectivity index (χ4n) is 1.92. The highest BCUT2D eigenvalue weighted by molar-refractivity contribution is 6.18. The monoisotopic (exact) mass is 349 g/mol. The summed E-state index contributed by atoms with van der Waals surface area (Å²) in [6.45, 7) is 3.36. The fraction of sp³-hybridized carbons (Fsp3) is 0.312. The molecule has 1 aromatic rings. The minimum atomic E-state index is -0.201. The number of hydrogen-bond acceptors (Lipinski definition) is 5. The Morgan fingerprint density at radius 1 is 1.26 bits per heavy atom. The molecule has 0 aliphatic rings. The number of nitriles is 2. The number of halogens is 2. The third-order valence-electron chi connectivity index (χ3n) is 3.14. The van der Waals surface area contributed by atoms with E-state index >= 15 is 0 Å². The summed E-state index contributed by atoms with van der Waals surface area (Å²) in [5, 5.41) is 17.6. The number of alkyl halides is 2. The summed E-state index contributed by atoms with van der Waals surface area (Å²) in [5.41, 5.74) is 7.95. The first-order valence-electron chi connectivity index (χ1n) is 6.88. The summed E-state index contributed by atoms with van der Waals surface area (Å²) in [6, 6.07) is 9.35. The second kappa shape index (κ2) is 9.74. The van der Waals surface area contributed by atoms with Crippen molar-refractivity contribution in [3.8, 4) is 12.1 Å². The molecule has 1 aromatic carbocycles. The standard InChI is InChI=1S/C16H17Cl2N5/c1-12-8-14(23(6-4-17)7-5-18)3-2-13(12)11-22-16(10-20)15(21)9-19/h2-3,8,11H,4-7,21H2,1H3/b16-15+,22-11?. The summed E-state index contributed by atoms with van der Waals surface area (Å²) in [7, 11) is 0. The number of nitrogens with two attached hydrogens (primary N) is 1. The second-order valence-corrected chi connectivity index (χ2v) is 5.41. The van der Waals surface area contributed by atoms with E-state index in [1.54, 1.807) is 12.1 Å².